The molecule has 0 aliphatic heterocycles. The van der Waals surface area contributed by atoms with Crippen LogP contribution in [0.2, 0.25) is 0 Å². The third-order valence-electron chi connectivity index (χ3n) is 6.85. The number of aryl methyl sites for hydroxylation is 1. The highest BCUT2D eigenvalue weighted by atomic mass is 16.5. The van der Waals surface area contributed by atoms with E-state index in [1.807, 2.05) is 78.9 Å². The molecule has 0 saturated carbocycles. The number of nitrogens with one attached hydrogen (secondary N) is 1. The van der Waals surface area contributed by atoms with Crippen molar-refractivity contribution in [2.45, 2.75) is 25.8 Å². The molecule has 0 bridgehead atoms. The van der Waals surface area contributed by atoms with Gasteiger partial charge in [0.1, 0.15) is 5.75 Å². The minimum Gasteiger partial charge on any atom is -0.497 e. The van der Waals surface area contributed by atoms with Gasteiger partial charge in [-0.15, -0.1) is 0 Å². The van der Waals surface area contributed by atoms with Crippen LogP contribution in [0, 0.1) is 0 Å². The van der Waals surface area contributed by atoms with Crippen molar-refractivity contribution in [2.24, 2.45) is 0 Å². The fourth-order valence-corrected chi connectivity index (χ4v) is 4.68. The number of hydrogen-bond acceptors (Lipinski definition) is 4. The van der Waals surface area contributed by atoms with E-state index in [2.05, 4.69) is 5.32 Å². The van der Waals surface area contributed by atoms with Gasteiger partial charge in [0.05, 0.1) is 13.5 Å². The van der Waals surface area contributed by atoms with Crippen LogP contribution in [0.25, 0.3) is 11.1 Å². The first-order valence-corrected chi connectivity index (χ1v) is 13.6. The Morgan fingerprint density at radius 2 is 1.34 bits per heavy atom. The largest absolute Gasteiger partial charge is 0.497 e. The molecular formula is C34H34N2O5. The van der Waals surface area contributed by atoms with Gasteiger partial charge in [-0.3, -0.25) is 14.4 Å². The SMILES string of the molecule is COc1ccc(CNC(=O)c2ccccc2-c2ccccc2C(=O)N(CCCc2ccccc2)CCC(=O)O)cc1. The Morgan fingerprint density at radius 1 is 0.732 bits per heavy atom. The lowest BCUT2D eigenvalue weighted by molar-refractivity contribution is -0.137. The van der Waals surface area contributed by atoms with Crippen molar-refractivity contribution in [3.8, 4) is 16.9 Å². The Labute approximate surface area is 240 Å². The Hall–Kier alpha value is -4.91. The quantitative estimate of drug-likeness (QED) is 0.218. The summed E-state index contributed by atoms with van der Waals surface area (Å²) < 4.78 is 5.20. The first kappa shape index (κ1) is 29.1. The average Bonchev–Trinajstić information content (AvgIpc) is 3.02. The van der Waals surface area contributed by atoms with Crippen LogP contribution in [-0.2, 0) is 17.8 Å². The third-order valence-corrected chi connectivity index (χ3v) is 6.85. The molecule has 4 aromatic rings. The number of aliphatic carboxylic acids is 1. The number of rotatable bonds is 13. The van der Waals surface area contributed by atoms with Gasteiger partial charge >= 0.3 is 5.97 Å². The number of methoxy groups -OCH3 is 1. The zero-order chi connectivity index (χ0) is 29.0. The van der Waals surface area contributed by atoms with Crippen LogP contribution >= 0.6 is 0 Å². The summed E-state index contributed by atoms with van der Waals surface area (Å²) in [6, 6.07) is 31.8. The first-order valence-electron chi connectivity index (χ1n) is 13.6. The Morgan fingerprint density at radius 3 is 2.00 bits per heavy atom. The molecule has 4 rings (SSSR count). The molecule has 0 atom stereocenters. The Balaban J connectivity index is 1.55. The third kappa shape index (κ3) is 8.05. The van der Waals surface area contributed by atoms with Crippen molar-refractivity contribution in [3.63, 3.8) is 0 Å². The molecule has 2 N–H and O–H groups in total. The number of carboxylic acid groups (broad SMARTS) is 1. The Bertz CT molecular complexity index is 1470. The molecule has 0 saturated heterocycles. The maximum atomic E-state index is 13.9. The summed E-state index contributed by atoms with van der Waals surface area (Å²) in [6.45, 7) is 0.850. The molecule has 0 aliphatic rings. The van der Waals surface area contributed by atoms with Crippen molar-refractivity contribution in [3.05, 3.63) is 125 Å². The van der Waals surface area contributed by atoms with E-state index in [0.29, 0.717) is 41.8 Å². The van der Waals surface area contributed by atoms with E-state index in [9.17, 15) is 19.5 Å². The number of hydrogen-bond donors (Lipinski definition) is 2. The second-order valence-electron chi connectivity index (χ2n) is 9.65. The molecular weight excluding hydrogens is 516 g/mol. The van der Waals surface area contributed by atoms with E-state index in [1.165, 1.54) is 0 Å². The number of carbonyl (C=O) groups excluding carboxylic acids is 2. The predicted octanol–water partition coefficient (Wildman–Crippen LogP) is 5.84. The number of amides is 2. The highest BCUT2D eigenvalue weighted by molar-refractivity contribution is 6.06. The lowest BCUT2D eigenvalue weighted by Gasteiger charge is -2.24. The molecule has 0 fully saturated rings. The molecule has 0 aliphatic carbocycles. The lowest BCUT2D eigenvalue weighted by Crippen LogP contribution is -2.34. The van der Waals surface area contributed by atoms with E-state index in [0.717, 1.165) is 23.3 Å². The first-order chi connectivity index (χ1) is 20.0. The maximum absolute atomic E-state index is 13.9. The summed E-state index contributed by atoms with van der Waals surface area (Å²) in [7, 11) is 1.60. The fraction of sp³-hybridized carbons (Fsp3) is 0.206. The lowest BCUT2D eigenvalue weighted by atomic mass is 9.94. The minimum absolute atomic E-state index is 0.0985. The molecule has 7 nitrogen and oxygen atoms in total. The van der Waals surface area contributed by atoms with Crippen molar-refractivity contribution < 1.29 is 24.2 Å². The molecule has 0 radical (unpaired) electrons. The van der Waals surface area contributed by atoms with E-state index in [1.54, 1.807) is 36.3 Å². The van der Waals surface area contributed by atoms with Gasteiger partial charge in [0.25, 0.3) is 11.8 Å². The highest BCUT2D eigenvalue weighted by Gasteiger charge is 2.22. The summed E-state index contributed by atoms with van der Waals surface area (Å²) in [6.07, 6.45) is 1.32. The second kappa shape index (κ2) is 14.5. The van der Waals surface area contributed by atoms with Crippen molar-refractivity contribution in [2.75, 3.05) is 20.2 Å². The van der Waals surface area contributed by atoms with Crippen molar-refractivity contribution in [1.82, 2.24) is 10.2 Å². The monoisotopic (exact) mass is 550 g/mol. The van der Waals surface area contributed by atoms with Gasteiger partial charge < -0.3 is 20.1 Å². The van der Waals surface area contributed by atoms with Crippen LogP contribution in [0.1, 0.15) is 44.7 Å². The summed E-state index contributed by atoms with van der Waals surface area (Å²) >= 11 is 0. The Kier molecular flexibility index (Phi) is 10.3. The van der Waals surface area contributed by atoms with Crippen LogP contribution < -0.4 is 10.1 Å². The molecule has 0 aromatic heterocycles. The number of carbonyl (C=O) groups is 3. The van der Waals surface area contributed by atoms with Gasteiger partial charge in [-0.05, 0) is 59.4 Å². The topological polar surface area (TPSA) is 95.9 Å². The normalized spacial score (nSPS) is 10.6. The van der Waals surface area contributed by atoms with E-state index >= 15 is 0 Å². The maximum Gasteiger partial charge on any atom is 0.305 e. The smallest absolute Gasteiger partial charge is 0.305 e. The molecule has 0 spiro atoms. The summed E-state index contributed by atoms with van der Waals surface area (Å²) in [5.74, 6) is -0.741. The number of carboxylic acids is 1. The molecule has 2 amide bonds. The number of benzene rings is 4. The van der Waals surface area contributed by atoms with Gasteiger partial charge in [0, 0.05) is 30.8 Å². The van der Waals surface area contributed by atoms with Crippen LogP contribution in [-0.4, -0.2) is 48.0 Å². The fourth-order valence-electron chi connectivity index (χ4n) is 4.68. The highest BCUT2D eigenvalue weighted by Crippen LogP contribution is 2.28. The molecule has 0 heterocycles. The van der Waals surface area contributed by atoms with E-state index in [-0.39, 0.29) is 24.8 Å². The van der Waals surface area contributed by atoms with Gasteiger partial charge in [-0.1, -0.05) is 78.9 Å². The van der Waals surface area contributed by atoms with Gasteiger partial charge in [-0.2, -0.15) is 0 Å². The molecule has 210 valence electrons. The second-order valence-corrected chi connectivity index (χ2v) is 9.65. The standard InChI is InChI=1S/C34H34N2O5/c1-41-27-19-17-26(18-20-27)24-35-33(39)30-15-7-5-13-28(30)29-14-6-8-16-31(29)34(40)36(23-21-32(37)38)22-9-12-25-10-3-2-4-11-25/h2-8,10-11,13-20H,9,12,21-24H2,1H3,(H,35,39)(H,37,38). The van der Waals surface area contributed by atoms with Crippen LogP contribution in [0.15, 0.2) is 103 Å². The van der Waals surface area contributed by atoms with Gasteiger partial charge in [0.2, 0.25) is 0 Å². The summed E-state index contributed by atoms with van der Waals surface area (Å²) in [5, 5.41) is 12.3. The predicted molar refractivity (Wildman–Crippen MR) is 159 cm³/mol. The number of nitrogens with zero attached hydrogens (tertiary/aromatic N) is 1. The van der Waals surface area contributed by atoms with Crippen LogP contribution in [0.5, 0.6) is 5.75 Å². The summed E-state index contributed by atoms with van der Waals surface area (Å²) in [5.41, 5.74) is 4.21. The van der Waals surface area contributed by atoms with Crippen molar-refractivity contribution >= 4 is 17.8 Å². The van der Waals surface area contributed by atoms with E-state index < -0.39 is 5.97 Å². The summed E-state index contributed by atoms with van der Waals surface area (Å²) in [4.78, 5) is 40.1. The molecule has 4 aromatic carbocycles. The molecule has 0 unspecified atom stereocenters. The zero-order valence-corrected chi connectivity index (χ0v) is 23.1. The molecule has 7 heteroatoms. The van der Waals surface area contributed by atoms with Crippen molar-refractivity contribution in [1.29, 1.82) is 0 Å². The van der Waals surface area contributed by atoms with E-state index in [4.69, 9.17) is 4.74 Å². The average molecular weight is 551 g/mol. The zero-order valence-electron chi connectivity index (χ0n) is 23.1. The van der Waals surface area contributed by atoms with Crippen LogP contribution in [0.3, 0.4) is 0 Å². The number of ether oxygens (including phenoxy) is 1. The minimum atomic E-state index is -0.960. The molecule has 41 heavy (non-hydrogen) atoms. The van der Waals surface area contributed by atoms with Crippen LogP contribution in [0.4, 0.5) is 0 Å². The van der Waals surface area contributed by atoms with Gasteiger partial charge in [-0.25, -0.2) is 0 Å². The van der Waals surface area contributed by atoms with Gasteiger partial charge in [0.15, 0.2) is 0 Å².